The molecule has 0 fully saturated rings. The number of halogens is 1. The van der Waals surface area contributed by atoms with Gasteiger partial charge in [0.15, 0.2) is 0 Å². The number of thioether (sulfide) groups is 1. The third-order valence-corrected chi connectivity index (χ3v) is 6.39. The minimum absolute atomic E-state index is 0.0167. The molecule has 0 unspecified atom stereocenters. The van der Waals surface area contributed by atoms with Crippen LogP contribution in [0.25, 0.3) is 11.5 Å². The monoisotopic (exact) mass is 436 g/mol. The van der Waals surface area contributed by atoms with Gasteiger partial charge in [0.25, 0.3) is 5.22 Å². The molecule has 0 radical (unpaired) electrons. The third-order valence-electron chi connectivity index (χ3n) is 3.74. The Morgan fingerprint density at radius 2 is 1.76 bits per heavy atom. The van der Waals surface area contributed by atoms with Crippen molar-refractivity contribution >= 4 is 33.4 Å². The van der Waals surface area contributed by atoms with Gasteiger partial charge in [-0.15, -0.1) is 10.2 Å². The molecule has 1 N–H and O–H groups in total. The van der Waals surface area contributed by atoms with Crippen LogP contribution in [-0.2, 0) is 14.8 Å². The summed E-state index contributed by atoms with van der Waals surface area (Å²) in [4.78, 5) is 12.2. The minimum Gasteiger partial charge on any atom is -0.411 e. The topological polar surface area (TPSA) is 105 Å². The van der Waals surface area contributed by atoms with E-state index in [0.717, 1.165) is 16.1 Å². The molecule has 3 rings (SSSR count). The second kappa shape index (κ2) is 8.72. The van der Waals surface area contributed by atoms with Crippen LogP contribution in [0, 0.1) is 5.82 Å². The van der Waals surface area contributed by atoms with E-state index in [9.17, 15) is 17.6 Å². The van der Waals surface area contributed by atoms with Crippen molar-refractivity contribution in [3.63, 3.8) is 0 Å². The average molecular weight is 436 g/mol. The van der Waals surface area contributed by atoms with E-state index >= 15 is 0 Å². The number of sulfonamides is 1. The number of benzene rings is 2. The van der Waals surface area contributed by atoms with Crippen molar-refractivity contribution in [3.8, 4) is 11.5 Å². The lowest BCUT2D eigenvalue weighted by atomic mass is 10.2. The fraction of sp³-hybridized carbons (Fsp3) is 0.167. The van der Waals surface area contributed by atoms with Crippen LogP contribution in [0.1, 0.15) is 0 Å². The Balaban J connectivity index is 1.56. The molecular weight excluding hydrogens is 419 g/mol. The highest BCUT2D eigenvalue weighted by atomic mass is 32.2. The molecule has 0 spiro atoms. The summed E-state index contributed by atoms with van der Waals surface area (Å²) in [5.41, 5.74) is 1.04. The van der Waals surface area contributed by atoms with Gasteiger partial charge in [0.2, 0.25) is 21.8 Å². The Bertz CT molecular complexity index is 1100. The van der Waals surface area contributed by atoms with E-state index in [2.05, 4.69) is 15.5 Å². The Hall–Kier alpha value is -2.76. The highest BCUT2D eigenvalue weighted by Gasteiger charge is 2.17. The van der Waals surface area contributed by atoms with Crippen molar-refractivity contribution in [1.82, 2.24) is 14.5 Å². The van der Waals surface area contributed by atoms with Gasteiger partial charge in [-0.1, -0.05) is 11.8 Å². The summed E-state index contributed by atoms with van der Waals surface area (Å²) in [7, 11) is -0.632. The first-order chi connectivity index (χ1) is 13.8. The number of aromatic nitrogens is 2. The van der Waals surface area contributed by atoms with E-state index in [4.69, 9.17) is 4.42 Å². The highest BCUT2D eigenvalue weighted by molar-refractivity contribution is 7.99. The van der Waals surface area contributed by atoms with Crippen LogP contribution >= 0.6 is 11.8 Å². The fourth-order valence-corrected chi connectivity index (χ4v) is 3.69. The maximum Gasteiger partial charge on any atom is 0.277 e. The van der Waals surface area contributed by atoms with Crippen LogP contribution in [0.3, 0.4) is 0 Å². The highest BCUT2D eigenvalue weighted by Crippen LogP contribution is 2.23. The largest absolute Gasteiger partial charge is 0.411 e. The molecule has 8 nitrogen and oxygen atoms in total. The van der Waals surface area contributed by atoms with Gasteiger partial charge >= 0.3 is 0 Å². The molecule has 0 atom stereocenters. The van der Waals surface area contributed by atoms with Crippen molar-refractivity contribution in [2.75, 3.05) is 25.2 Å². The molecular formula is C18H17FN4O4S2. The molecule has 0 bridgehead atoms. The summed E-state index contributed by atoms with van der Waals surface area (Å²) in [5, 5.41) is 10.6. The number of anilines is 1. The third kappa shape index (κ3) is 5.19. The van der Waals surface area contributed by atoms with Crippen LogP contribution in [0.15, 0.2) is 63.1 Å². The summed E-state index contributed by atoms with van der Waals surface area (Å²) in [6, 6.07) is 11.5. The van der Waals surface area contributed by atoms with E-state index in [0.29, 0.717) is 11.3 Å². The Labute approximate surface area is 171 Å². The van der Waals surface area contributed by atoms with Gasteiger partial charge in [0.05, 0.1) is 10.6 Å². The number of nitrogens with one attached hydrogen (secondary N) is 1. The zero-order chi connectivity index (χ0) is 21.0. The number of rotatable bonds is 7. The smallest absolute Gasteiger partial charge is 0.277 e. The number of hydrogen-bond donors (Lipinski definition) is 1. The molecule has 11 heteroatoms. The van der Waals surface area contributed by atoms with Gasteiger partial charge in [0.1, 0.15) is 5.82 Å². The summed E-state index contributed by atoms with van der Waals surface area (Å²) < 4.78 is 43.6. The second-order valence-electron chi connectivity index (χ2n) is 6.03. The molecule has 0 aliphatic carbocycles. The molecule has 0 saturated heterocycles. The van der Waals surface area contributed by atoms with E-state index in [1.165, 1.54) is 62.6 Å². The second-order valence-corrected chi connectivity index (χ2v) is 9.11. The summed E-state index contributed by atoms with van der Waals surface area (Å²) in [5.74, 6) is -0.444. The maximum atomic E-state index is 13.0. The van der Waals surface area contributed by atoms with Gasteiger partial charge < -0.3 is 9.73 Å². The number of nitrogens with zero attached hydrogens (tertiary/aromatic N) is 3. The van der Waals surface area contributed by atoms with Gasteiger partial charge in [-0.05, 0) is 48.5 Å². The Kier molecular flexibility index (Phi) is 6.30. The molecule has 1 amide bonds. The normalized spacial score (nSPS) is 11.6. The van der Waals surface area contributed by atoms with E-state index in [1.807, 2.05) is 0 Å². The lowest BCUT2D eigenvalue weighted by Crippen LogP contribution is -2.22. The predicted molar refractivity (Wildman–Crippen MR) is 106 cm³/mol. The quantitative estimate of drug-likeness (QED) is 0.568. The number of carbonyl (C=O) groups excluding carboxylic acids is 1. The zero-order valence-corrected chi connectivity index (χ0v) is 17.1. The molecule has 0 aliphatic rings. The molecule has 29 heavy (non-hydrogen) atoms. The summed E-state index contributed by atoms with van der Waals surface area (Å²) in [6.45, 7) is 0. The van der Waals surface area contributed by atoms with Crippen molar-refractivity contribution in [3.05, 3.63) is 54.3 Å². The van der Waals surface area contributed by atoms with Crippen LogP contribution < -0.4 is 5.32 Å². The van der Waals surface area contributed by atoms with E-state index < -0.39 is 10.0 Å². The first-order valence-corrected chi connectivity index (χ1v) is 10.7. The standard InChI is InChI=1S/C18H17FN4O4S2/c1-23(2)29(25,26)15-9-7-14(8-10-15)20-16(24)11-28-18-22-21-17(27-18)12-3-5-13(19)6-4-12/h3-10H,11H2,1-2H3,(H,20,24). The molecule has 1 aromatic heterocycles. The average Bonchev–Trinajstić information content (AvgIpc) is 3.16. The van der Waals surface area contributed by atoms with Crippen LogP contribution in [0.2, 0.25) is 0 Å². The van der Waals surface area contributed by atoms with Gasteiger partial charge in [-0.2, -0.15) is 0 Å². The van der Waals surface area contributed by atoms with Gasteiger partial charge in [-0.25, -0.2) is 17.1 Å². The number of hydrogen-bond acceptors (Lipinski definition) is 7. The molecule has 0 aliphatic heterocycles. The lowest BCUT2D eigenvalue weighted by molar-refractivity contribution is -0.113. The van der Waals surface area contributed by atoms with E-state index in [1.54, 1.807) is 0 Å². The maximum absolute atomic E-state index is 13.0. The molecule has 3 aromatic rings. The predicted octanol–water partition coefficient (Wildman–Crippen LogP) is 2.86. The molecule has 0 saturated carbocycles. The van der Waals surface area contributed by atoms with Crippen LogP contribution in [0.5, 0.6) is 0 Å². The zero-order valence-electron chi connectivity index (χ0n) is 15.5. The van der Waals surface area contributed by atoms with Crippen molar-refractivity contribution < 1.29 is 22.0 Å². The number of carbonyl (C=O) groups is 1. The molecule has 2 aromatic carbocycles. The minimum atomic E-state index is -3.52. The van der Waals surface area contributed by atoms with Crippen molar-refractivity contribution in [2.45, 2.75) is 10.1 Å². The first kappa shape index (κ1) is 21.0. The molecule has 1 heterocycles. The van der Waals surface area contributed by atoms with Crippen LogP contribution in [0.4, 0.5) is 10.1 Å². The Morgan fingerprint density at radius 1 is 1.10 bits per heavy atom. The molecule has 152 valence electrons. The van der Waals surface area contributed by atoms with Crippen LogP contribution in [-0.4, -0.2) is 48.7 Å². The van der Waals surface area contributed by atoms with Crippen molar-refractivity contribution in [1.29, 1.82) is 0 Å². The Morgan fingerprint density at radius 3 is 2.38 bits per heavy atom. The lowest BCUT2D eigenvalue weighted by Gasteiger charge is -2.11. The first-order valence-electron chi connectivity index (χ1n) is 8.30. The summed E-state index contributed by atoms with van der Waals surface area (Å²) >= 11 is 1.05. The number of amides is 1. The van der Waals surface area contributed by atoms with Gasteiger partial charge in [-0.3, -0.25) is 4.79 Å². The van der Waals surface area contributed by atoms with Crippen molar-refractivity contribution in [2.24, 2.45) is 0 Å². The van der Waals surface area contributed by atoms with E-state index in [-0.39, 0.29) is 33.5 Å². The summed E-state index contributed by atoms with van der Waals surface area (Å²) in [6.07, 6.45) is 0. The van der Waals surface area contributed by atoms with Gasteiger partial charge in [0, 0.05) is 25.3 Å². The fourth-order valence-electron chi connectivity index (χ4n) is 2.22. The SMILES string of the molecule is CN(C)S(=O)(=O)c1ccc(NC(=O)CSc2nnc(-c3ccc(F)cc3)o2)cc1.